The summed E-state index contributed by atoms with van der Waals surface area (Å²) < 4.78 is 0. The SMILES string of the molecule is C=C(C(C)=O)C(C)C(=O)NCCCC. The third kappa shape index (κ3) is 4.21. The van der Waals surface area contributed by atoms with Gasteiger partial charge in [-0.2, -0.15) is 0 Å². The first-order valence-electron chi connectivity index (χ1n) is 4.98. The maximum atomic E-state index is 11.4. The summed E-state index contributed by atoms with van der Waals surface area (Å²) in [5, 5.41) is 2.77. The lowest BCUT2D eigenvalue weighted by molar-refractivity contribution is -0.125. The molecule has 0 aliphatic rings. The van der Waals surface area contributed by atoms with Crippen molar-refractivity contribution in [1.82, 2.24) is 5.32 Å². The van der Waals surface area contributed by atoms with E-state index in [1.54, 1.807) is 6.92 Å². The Labute approximate surface area is 85.6 Å². The number of unbranched alkanes of at least 4 members (excludes halogenated alkanes) is 1. The van der Waals surface area contributed by atoms with Crippen LogP contribution >= 0.6 is 0 Å². The fraction of sp³-hybridized carbons (Fsp3) is 0.636. The third-order valence-corrected chi connectivity index (χ3v) is 2.20. The van der Waals surface area contributed by atoms with E-state index in [1.165, 1.54) is 6.92 Å². The minimum atomic E-state index is -0.413. The summed E-state index contributed by atoms with van der Waals surface area (Å²) in [7, 11) is 0. The van der Waals surface area contributed by atoms with Crippen LogP contribution in [0.1, 0.15) is 33.6 Å². The zero-order valence-corrected chi connectivity index (χ0v) is 9.22. The molecule has 0 spiro atoms. The number of nitrogens with one attached hydrogen (secondary N) is 1. The molecule has 0 aromatic rings. The van der Waals surface area contributed by atoms with E-state index in [2.05, 4.69) is 18.8 Å². The molecule has 1 amide bonds. The highest BCUT2D eigenvalue weighted by atomic mass is 16.2. The van der Waals surface area contributed by atoms with Gasteiger partial charge in [0.1, 0.15) is 0 Å². The Balaban J connectivity index is 3.99. The summed E-state index contributed by atoms with van der Waals surface area (Å²) in [5.41, 5.74) is 0.374. The zero-order valence-electron chi connectivity index (χ0n) is 9.22. The first-order chi connectivity index (χ1) is 6.50. The summed E-state index contributed by atoms with van der Waals surface area (Å²) in [5.74, 6) is -0.647. The van der Waals surface area contributed by atoms with Gasteiger partial charge < -0.3 is 5.32 Å². The van der Waals surface area contributed by atoms with Crippen LogP contribution < -0.4 is 5.32 Å². The maximum Gasteiger partial charge on any atom is 0.227 e. The van der Waals surface area contributed by atoms with E-state index in [9.17, 15) is 9.59 Å². The Morgan fingerprint density at radius 3 is 2.43 bits per heavy atom. The van der Waals surface area contributed by atoms with Crippen LogP contribution in [-0.2, 0) is 9.59 Å². The minimum absolute atomic E-state index is 0.112. The smallest absolute Gasteiger partial charge is 0.227 e. The Morgan fingerprint density at radius 1 is 1.43 bits per heavy atom. The standard InChI is InChI=1S/C11H19NO2/c1-5-6-7-12-11(14)9(3)8(2)10(4)13/h9H,2,5-7H2,1,3-4H3,(H,12,14). The molecule has 0 aliphatic heterocycles. The van der Waals surface area contributed by atoms with Crippen molar-refractivity contribution in [2.24, 2.45) is 5.92 Å². The molecule has 1 N–H and O–H groups in total. The number of rotatable bonds is 6. The molecule has 0 aliphatic carbocycles. The summed E-state index contributed by atoms with van der Waals surface area (Å²) in [6.45, 7) is 9.45. The first kappa shape index (κ1) is 12.9. The van der Waals surface area contributed by atoms with Gasteiger partial charge in [-0.3, -0.25) is 9.59 Å². The molecule has 80 valence electrons. The summed E-state index contributed by atoms with van der Waals surface area (Å²) in [6.07, 6.45) is 2.01. The summed E-state index contributed by atoms with van der Waals surface area (Å²) in [6, 6.07) is 0. The first-order valence-corrected chi connectivity index (χ1v) is 4.98. The lowest BCUT2D eigenvalue weighted by Gasteiger charge is -2.12. The topological polar surface area (TPSA) is 46.2 Å². The van der Waals surface area contributed by atoms with Crippen molar-refractivity contribution < 1.29 is 9.59 Å². The van der Waals surface area contributed by atoms with Gasteiger partial charge in [-0.05, 0) is 25.8 Å². The molecule has 3 nitrogen and oxygen atoms in total. The molecule has 0 fully saturated rings. The number of hydrogen-bond donors (Lipinski definition) is 1. The maximum absolute atomic E-state index is 11.4. The lowest BCUT2D eigenvalue weighted by atomic mass is 9.99. The van der Waals surface area contributed by atoms with Gasteiger partial charge in [0, 0.05) is 6.54 Å². The Hall–Kier alpha value is -1.12. The van der Waals surface area contributed by atoms with Gasteiger partial charge in [0.15, 0.2) is 5.78 Å². The molecule has 0 saturated heterocycles. The average Bonchev–Trinajstić information content (AvgIpc) is 2.15. The molecule has 0 aromatic carbocycles. The number of Topliss-reactive ketones (excluding diaryl/α,β-unsaturated/α-hetero) is 1. The predicted octanol–water partition coefficient (Wildman–Crippen LogP) is 1.68. The highest BCUT2D eigenvalue weighted by Gasteiger charge is 2.18. The molecule has 1 unspecified atom stereocenters. The molecule has 3 heteroatoms. The fourth-order valence-electron chi connectivity index (χ4n) is 1.00. The molecule has 0 saturated carbocycles. The average molecular weight is 197 g/mol. The van der Waals surface area contributed by atoms with Gasteiger partial charge in [0.25, 0.3) is 0 Å². The van der Waals surface area contributed by atoms with Crippen LogP contribution in [0.25, 0.3) is 0 Å². The second-order valence-electron chi connectivity index (χ2n) is 3.45. The summed E-state index contributed by atoms with van der Waals surface area (Å²) in [4.78, 5) is 22.4. The van der Waals surface area contributed by atoms with Crippen LogP contribution in [0, 0.1) is 5.92 Å². The van der Waals surface area contributed by atoms with Gasteiger partial charge in [-0.1, -0.05) is 19.9 Å². The molecule has 0 rings (SSSR count). The van der Waals surface area contributed by atoms with Gasteiger partial charge >= 0.3 is 0 Å². The molecule has 14 heavy (non-hydrogen) atoms. The molecule has 0 aromatic heterocycles. The summed E-state index contributed by atoms with van der Waals surface area (Å²) >= 11 is 0. The minimum Gasteiger partial charge on any atom is -0.356 e. The van der Waals surface area contributed by atoms with E-state index in [0.717, 1.165) is 12.8 Å². The number of ketones is 1. The predicted molar refractivity (Wildman–Crippen MR) is 56.9 cm³/mol. The van der Waals surface area contributed by atoms with E-state index in [1.807, 2.05) is 0 Å². The normalized spacial score (nSPS) is 11.9. The highest BCUT2D eigenvalue weighted by molar-refractivity contribution is 5.99. The number of carbonyl (C=O) groups is 2. The Morgan fingerprint density at radius 2 is 2.00 bits per heavy atom. The van der Waals surface area contributed by atoms with Crippen LogP contribution in [0.3, 0.4) is 0 Å². The van der Waals surface area contributed by atoms with Gasteiger partial charge in [-0.25, -0.2) is 0 Å². The van der Waals surface area contributed by atoms with E-state index in [-0.39, 0.29) is 11.7 Å². The van der Waals surface area contributed by atoms with Gasteiger partial charge in [0.2, 0.25) is 5.91 Å². The van der Waals surface area contributed by atoms with E-state index >= 15 is 0 Å². The number of amides is 1. The van der Waals surface area contributed by atoms with Crippen molar-refractivity contribution in [3.8, 4) is 0 Å². The van der Waals surface area contributed by atoms with Crippen molar-refractivity contribution in [1.29, 1.82) is 0 Å². The number of hydrogen-bond acceptors (Lipinski definition) is 2. The van der Waals surface area contributed by atoms with Crippen LogP contribution in [0.5, 0.6) is 0 Å². The van der Waals surface area contributed by atoms with Crippen LogP contribution in [-0.4, -0.2) is 18.2 Å². The quantitative estimate of drug-likeness (QED) is 0.520. The van der Waals surface area contributed by atoms with Crippen molar-refractivity contribution in [3.63, 3.8) is 0 Å². The second kappa shape index (κ2) is 6.35. The van der Waals surface area contributed by atoms with Crippen molar-refractivity contribution in [3.05, 3.63) is 12.2 Å². The van der Waals surface area contributed by atoms with Crippen molar-refractivity contribution >= 4 is 11.7 Å². The lowest BCUT2D eigenvalue weighted by Crippen LogP contribution is -2.31. The van der Waals surface area contributed by atoms with Crippen molar-refractivity contribution in [2.75, 3.05) is 6.54 Å². The molecule has 0 radical (unpaired) electrons. The van der Waals surface area contributed by atoms with Gasteiger partial charge in [0.05, 0.1) is 5.92 Å². The second-order valence-corrected chi connectivity index (χ2v) is 3.45. The Bertz CT molecular complexity index is 233. The van der Waals surface area contributed by atoms with Crippen LogP contribution in [0.4, 0.5) is 0 Å². The van der Waals surface area contributed by atoms with E-state index in [4.69, 9.17) is 0 Å². The molecule has 0 heterocycles. The largest absolute Gasteiger partial charge is 0.356 e. The third-order valence-electron chi connectivity index (χ3n) is 2.20. The fourth-order valence-corrected chi connectivity index (χ4v) is 1.00. The Kier molecular flexibility index (Phi) is 5.84. The van der Waals surface area contributed by atoms with E-state index in [0.29, 0.717) is 12.1 Å². The number of carbonyl (C=O) groups excluding carboxylic acids is 2. The zero-order chi connectivity index (χ0) is 11.1. The molecule has 1 atom stereocenters. The van der Waals surface area contributed by atoms with Crippen LogP contribution in [0.2, 0.25) is 0 Å². The van der Waals surface area contributed by atoms with E-state index < -0.39 is 5.92 Å². The van der Waals surface area contributed by atoms with Crippen molar-refractivity contribution in [2.45, 2.75) is 33.6 Å². The monoisotopic (exact) mass is 197 g/mol. The van der Waals surface area contributed by atoms with Gasteiger partial charge in [-0.15, -0.1) is 0 Å². The molecular formula is C11H19NO2. The molecular weight excluding hydrogens is 178 g/mol. The molecule has 0 bridgehead atoms. The van der Waals surface area contributed by atoms with Crippen LogP contribution in [0.15, 0.2) is 12.2 Å². The highest BCUT2D eigenvalue weighted by Crippen LogP contribution is 2.08.